The molecule has 1 saturated carbocycles. The minimum atomic E-state index is -0.491. The maximum absolute atomic E-state index is 12.4. The molecular weight excluding hydrogens is 272 g/mol. The molecule has 1 aromatic rings. The minimum absolute atomic E-state index is 0.0519. The molecule has 1 N–H and O–H groups in total. The molecule has 110 valence electrons. The molecule has 3 rings (SSSR count). The van der Waals surface area contributed by atoms with Crippen LogP contribution in [0.25, 0.3) is 0 Å². The predicted molar refractivity (Wildman–Crippen MR) is 77.1 cm³/mol. The Morgan fingerprint density at radius 3 is 2.76 bits per heavy atom. The Balaban J connectivity index is 1.80. The van der Waals surface area contributed by atoms with E-state index in [4.69, 9.17) is 4.74 Å². The summed E-state index contributed by atoms with van der Waals surface area (Å²) >= 11 is 0. The topological polar surface area (TPSA) is 81.5 Å². The van der Waals surface area contributed by atoms with E-state index in [0.29, 0.717) is 23.3 Å². The van der Waals surface area contributed by atoms with Crippen molar-refractivity contribution in [2.75, 3.05) is 12.4 Å². The van der Waals surface area contributed by atoms with Gasteiger partial charge in [0.2, 0.25) is 5.91 Å². The Morgan fingerprint density at radius 1 is 1.38 bits per heavy atom. The number of carbonyl (C=O) groups excluding carboxylic acids is 1. The van der Waals surface area contributed by atoms with Crippen LogP contribution in [0.15, 0.2) is 30.4 Å². The van der Waals surface area contributed by atoms with Gasteiger partial charge in [-0.25, -0.2) is 0 Å². The van der Waals surface area contributed by atoms with E-state index < -0.39 is 4.92 Å². The van der Waals surface area contributed by atoms with Gasteiger partial charge in [-0.05, 0) is 30.7 Å². The molecule has 0 radical (unpaired) electrons. The third-order valence-corrected chi connectivity index (χ3v) is 4.27. The molecule has 3 atom stereocenters. The fourth-order valence-corrected chi connectivity index (χ4v) is 3.21. The lowest BCUT2D eigenvalue weighted by atomic mass is 9.93. The van der Waals surface area contributed by atoms with Gasteiger partial charge < -0.3 is 10.1 Å². The molecule has 3 unspecified atom stereocenters. The first-order valence-electron chi connectivity index (χ1n) is 6.90. The quantitative estimate of drug-likeness (QED) is 0.524. The summed E-state index contributed by atoms with van der Waals surface area (Å²) in [5, 5.41) is 13.6. The van der Waals surface area contributed by atoms with E-state index in [1.165, 1.54) is 25.3 Å². The van der Waals surface area contributed by atoms with E-state index in [0.717, 1.165) is 12.8 Å². The Kier molecular flexibility index (Phi) is 3.37. The zero-order valence-electron chi connectivity index (χ0n) is 11.6. The highest BCUT2D eigenvalue weighted by atomic mass is 16.6. The van der Waals surface area contributed by atoms with Crippen molar-refractivity contribution in [1.29, 1.82) is 0 Å². The fraction of sp³-hybridized carbons (Fsp3) is 0.400. The number of nitrogens with one attached hydrogen (secondary N) is 1. The van der Waals surface area contributed by atoms with Crippen LogP contribution in [0, 0.1) is 27.9 Å². The third kappa shape index (κ3) is 2.49. The summed E-state index contributed by atoms with van der Waals surface area (Å²) in [6, 6.07) is 4.18. The Bertz CT molecular complexity index is 626. The second-order valence-electron chi connectivity index (χ2n) is 5.52. The first kappa shape index (κ1) is 13.6. The number of fused-ring (bicyclic) bond motifs is 2. The van der Waals surface area contributed by atoms with Crippen LogP contribution in [0.3, 0.4) is 0 Å². The number of carbonyl (C=O) groups is 1. The molecule has 0 aromatic heterocycles. The normalized spacial score (nSPS) is 25.9. The number of benzene rings is 1. The first-order chi connectivity index (χ1) is 10.1. The maximum Gasteiger partial charge on any atom is 0.271 e. The number of nitro groups is 1. The second kappa shape index (κ2) is 5.20. The monoisotopic (exact) mass is 288 g/mol. The summed E-state index contributed by atoms with van der Waals surface area (Å²) in [6.07, 6.45) is 6.15. The Morgan fingerprint density at radius 2 is 2.19 bits per heavy atom. The molecule has 1 amide bonds. The summed E-state index contributed by atoms with van der Waals surface area (Å²) in [5.41, 5.74) is 0.280. The van der Waals surface area contributed by atoms with Crippen LogP contribution in [0.5, 0.6) is 5.75 Å². The summed E-state index contributed by atoms with van der Waals surface area (Å²) in [7, 11) is 1.47. The van der Waals surface area contributed by atoms with Crippen molar-refractivity contribution < 1.29 is 14.5 Å². The van der Waals surface area contributed by atoms with Crippen molar-refractivity contribution in [2.45, 2.75) is 12.8 Å². The summed E-state index contributed by atoms with van der Waals surface area (Å²) in [5.74, 6) is 1.07. The lowest BCUT2D eigenvalue weighted by Crippen LogP contribution is -2.26. The van der Waals surface area contributed by atoms with Gasteiger partial charge in [0.15, 0.2) is 0 Å². The van der Waals surface area contributed by atoms with E-state index in [2.05, 4.69) is 17.5 Å². The fourth-order valence-electron chi connectivity index (χ4n) is 3.21. The Hall–Kier alpha value is -2.37. The molecule has 6 heteroatoms. The molecule has 21 heavy (non-hydrogen) atoms. The van der Waals surface area contributed by atoms with Crippen molar-refractivity contribution in [2.24, 2.45) is 17.8 Å². The van der Waals surface area contributed by atoms with Crippen LogP contribution in [0.1, 0.15) is 12.8 Å². The van der Waals surface area contributed by atoms with E-state index in [1.807, 2.05) is 0 Å². The highest BCUT2D eigenvalue weighted by Crippen LogP contribution is 2.44. The average Bonchev–Trinajstić information content (AvgIpc) is 3.09. The van der Waals surface area contributed by atoms with Crippen LogP contribution in [0.4, 0.5) is 11.4 Å². The van der Waals surface area contributed by atoms with E-state index in [1.54, 1.807) is 0 Å². The molecule has 0 saturated heterocycles. The summed E-state index contributed by atoms with van der Waals surface area (Å²) in [6.45, 7) is 0. The van der Waals surface area contributed by atoms with Crippen LogP contribution in [-0.2, 0) is 4.79 Å². The van der Waals surface area contributed by atoms with Gasteiger partial charge in [0.1, 0.15) is 5.75 Å². The molecule has 0 heterocycles. The van der Waals surface area contributed by atoms with Gasteiger partial charge in [-0.1, -0.05) is 12.2 Å². The lowest BCUT2D eigenvalue weighted by molar-refractivity contribution is -0.384. The van der Waals surface area contributed by atoms with Crippen molar-refractivity contribution in [3.05, 3.63) is 40.5 Å². The number of allylic oxidation sites excluding steroid dienone is 2. The standard InChI is InChI=1S/C15H16N2O4/c1-21-14-5-4-11(17(19)20)8-13(14)16-15(18)12-7-9-2-3-10(12)6-9/h2-5,8-10,12H,6-7H2,1H3,(H,16,18). The SMILES string of the molecule is COc1ccc([N+](=O)[O-])cc1NC(=O)C1CC2C=CC1C2. The highest BCUT2D eigenvalue weighted by molar-refractivity contribution is 5.95. The lowest BCUT2D eigenvalue weighted by Gasteiger charge is -2.18. The van der Waals surface area contributed by atoms with E-state index in [9.17, 15) is 14.9 Å². The van der Waals surface area contributed by atoms with Crippen molar-refractivity contribution >= 4 is 17.3 Å². The molecule has 0 spiro atoms. The first-order valence-corrected chi connectivity index (χ1v) is 6.90. The van der Waals surface area contributed by atoms with E-state index >= 15 is 0 Å². The number of non-ortho nitro benzene ring substituents is 1. The van der Waals surface area contributed by atoms with Gasteiger partial charge in [-0.15, -0.1) is 0 Å². The molecule has 6 nitrogen and oxygen atoms in total. The predicted octanol–water partition coefficient (Wildman–Crippen LogP) is 2.75. The van der Waals surface area contributed by atoms with Crippen molar-refractivity contribution in [3.8, 4) is 5.75 Å². The molecule has 2 aliphatic rings. The van der Waals surface area contributed by atoms with Crippen molar-refractivity contribution in [3.63, 3.8) is 0 Å². The van der Waals surface area contributed by atoms with Gasteiger partial charge in [0.05, 0.1) is 17.7 Å². The maximum atomic E-state index is 12.4. The summed E-state index contributed by atoms with van der Waals surface area (Å²) in [4.78, 5) is 22.7. The van der Waals surface area contributed by atoms with Crippen molar-refractivity contribution in [1.82, 2.24) is 0 Å². The van der Waals surface area contributed by atoms with Gasteiger partial charge in [0.25, 0.3) is 5.69 Å². The smallest absolute Gasteiger partial charge is 0.271 e. The highest BCUT2D eigenvalue weighted by Gasteiger charge is 2.40. The zero-order valence-corrected chi connectivity index (χ0v) is 11.6. The number of rotatable bonds is 4. The number of methoxy groups -OCH3 is 1. The Labute approximate surface area is 121 Å². The third-order valence-electron chi connectivity index (χ3n) is 4.27. The molecular formula is C15H16N2O4. The molecule has 0 aliphatic heterocycles. The van der Waals surface area contributed by atoms with Crippen LogP contribution in [-0.4, -0.2) is 17.9 Å². The largest absolute Gasteiger partial charge is 0.495 e. The number of hydrogen-bond acceptors (Lipinski definition) is 4. The van der Waals surface area contributed by atoms with Gasteiger partial charge in [-0.2, -0.15) is 0 Å². The minimum Gasteiger partial charge on any atom is -0.495 e. The van der Waals surface area contributed by atoms with Gasteiger partial charge in [-0.3, -0.25) is 14.9 Å². The average molecular weight is 288 g/mol. The number of nitro benzene ring substituents is 1. The van der Waals surface area contributed by atoms with Gasteiger partial charge in [0, 0.05) is 18.1 Å². The molecule has 2 aliphatic carbocycles. The number of hydrogen-bond donors (Lipinski definition) is 1. The van der Waals surface area contributed by atoms with Crippen LogP contribution in [0.2, 0.25) is 0 Å². The van der Waals surface area contributed by atoms with Crippen LogP contribution < -0.4 is 10.1 Å². The molecule has 1 fully saturated rings. The summed E-state index contributed by atoms with van der Waals surface area (Å²) < 4.78 is 5.15. The molecule has 2 bridgehead atoms. The molecule has 1 aromatic carbocycles. The number of nitrogens with zero attached hydrogens (tertiary/aromatic N) is 1. The number of anilines is 1. The second-order valence-corrected chi connectivity index (χ2v) is 5.52. The van der Waals surface area contributed by atoms with Gasteiger partial charge >= 0.3 is 0 Å². The van der Waals surface area contributed by atoms with Crippen LogP contribution >= 0.6 is 0 Å². The zero-order chi connectivity index (χ0) is 15.0. The number of ether oxygens (including phenoxy) is 1. The van der Waals surface area contributed by atoms with E-state index in [-0.39, 0.29) is 17.5 Å². The number of amides is 1.